The van der Waals surface area contributed by atoms with Gasteiger partial charge in [0.25, 0.3) is 5.91 Å². The van der Waals surface area contributed by atoms with Crippen LogP contribution in [0.3, 0.4) is 0 Å². The Hall–Kier alpha value is -3.36. The van der Waals surface area contributed by atoms with Crippen molar-refractivity contribution >= 4 is 72.3 Å². The first kappa shape index (κ1) is 31.9. The Morgan fingerprint density at radius 2 is 1.56 bits per heavy atom. The van der Waals surface area contributed by atoms with E-state index in [1.807, 2.05) is 53.6 Å². The van der Waals surface area contributed by atoms with Crippen LogP contribution in [0.2, 0.25) is 0 Å². The van der Waals surface area contributed by atoms with Crippen LogP contribution in [0, 0.1) is 0 Å². The maximum atomic E-state index is 13.6. The minimum Gasteiger partial charge on any atom is -0.364 e. The van der Waals surface area contributed by atoms with Crippen LogP contribution in [0.25, 0.3) is 22.2 Å². The molecule has 0 saturated heterocycles. The van der Waals surface area contributed by atoms with Crippen LogP contribution >= 0.6 is 49.6 Å². The fourth-order valence-electron chi connectivity index (χ4n) is 4.61. The van der Waals surface area contributed by atoms with Crippen LogP contribution in [0.1, 0.15) is 21.7 Å². The number of aromatic amines is 1. The third-order valence-electron chi connectivity index (χ3n) is 6.40. The lowest BCUT2D eigenvalue weighted by atomic mass is 10.0. The highest BCUT2D eigenvalue weighted by Gasteiger charge is 2.25. The number of anilines is 1. The summed E-state index contributed by atoms with van der Waals surface area (Å²) in [5, 5.41) is 0. The SMILES string of the molecule is Cl.Cl.Cl.Cl.O=C(c1cnc2ccccc2n1)N1CCN(Cc2cnc[nH]2)c2ccc(-c3ccccc3)cc2C1. The maximum absolute atomic E-state index is 13.6. The molecule has 0 saturated carbocycles. The van der Waals surface area contributed by atoms with Crippen molar-refractivity contribution in [2.75, 3.05) is 18.0 Å². The van der Waals surface area contributed by atoms with E-state index in [0.717, 1.165) is 39.1 Å². The molecule has 5 aromatic rings. The van der Waals surface area contributed by atoms with E-state index in [-0.39, 0.29) is 55.5 Å². The van der Waals surface area contributed by atoms with Crippen molar-refractivity contribution in [1.29, 1.82) is 0 Å². The van der Waals surface area contributed by atoms with Crippen LogP contribution in [0.4, 0.5) is 5.69 Å². The molecule has 204 valence electrons. The minimum absolute atomic E-state index is 0. The zero-order valence-electron chi connectivity index (χ0n) is 20.8. The summed E-state index contributed by atoms with van der Waals surface area (Å²) in [6.45, 7) is 2.47. The van der Waals surface area contributed by atoms with E-state index in [2.05, 4.69) is 55.2 Å². The van der Waals surface area contributed by atoms with Gasteiger partial charge in [-0.2, -0.15) is 0 Å². The van der Waals surface area contributed by atoms with Crippen LogP contribution in [-0.2, 0) is 13.1 Å². The number of aromatic nitrogens is 4. The normalized spacial score (nSPS) is 12.1. The quantitative estimate of drug-likeness (QED) is 0.257. The van der Waals surface area contributed by atoms with Crippen molar-refractivity contribution in [2.45, 2.75) is 13.1 Å². The number of nitrogens with zero attached hydrogens (tertiary/aromatic N) is 5. The lowest BCUT2D eigenvalue weighted by molar-refractivity contribution is 0.0745. The molecule has 0 spiro atoms. The number of amides is 1. The van der Waals surface area contributed by atoms with Crippen molar-refractivity contribution in [3.63, 3.8) is 0 Å². The molecule has 39 heavy (non-hydrogen) atoms. The number of carbonyl (C=O) groups excluding carboxylic acids is 1. The molecule has 1 aliphatic rings. The third-order valence-corrected chi connectivity index (χ3v) is 6.40. The molecule has 3 heterocycles. The first-order valence-electron chi connectivity index (χ1n) is 11.7. The van der Waals surface area contributed by atoms with Gasteiger partial charge in [-0.15, -0.1) is 49.6 Å². The molecule has 0 radical (unpaired) electrons. The van der Waals surface area contributed by atoms with E-state index >= 15 is 0 Å². The number of hydrogen-bond donors (Lipinski definition) is 1. The number of imidazole rings is 1. The molecule has 7 nitrogen and oxygen atoms in total. The third kappa shape index (κ3) is 6.81. The fourth-order valence-corrected chi connectivity index (χ4v) is 4.61. The summed E-state index contributed by atoms with van der Waals surface area (Å²) in [4.78, 5) is 34.2. The fraction of sp³-hybridized carbons (Fsp3) is 0.143. The molecule has 1 N–H and O–H groups in total. The Bertz CT molecular complexity index is 1500. The first-order valence-corrected chi connectivity index (χ1v) is 11.7. The Balaban J connectivity index is 0.00000133. The average Bonchev–Trinajstić information content (AvgIpc) is 3.36. The molecule has 3 aromatic carbocycles. The van der Waals surface area contributed by atoms with Crippen LogP contribution < -0.4 is 4.90 Å². The lowest BCUT2D eigenvalue weighted by Crippen LogP contribution is -2.35. The van der Waals surface area contributed by atoms with Gasteiger partial charge in [-0.1, -0.05) is 48.5 Å². The van der Waals surface area contributed by atoms with Gasteiger partial charge in [0.15, 0.2) is 0 Å². The number of halogens is 4. The molecule has 0 fully saturated rings. The summed E-state index contributed by atoms with van der Waals surface area (Å²) in [5.41, 5.74) is 7.41. The molecule has 1 amide bonds. The number of benzene rings is 3. The highest BCUT2D eigenvalue weighted by atomic mass is 35.5. The van der Waals surface area contributed by atoms with Gasteiger partial charge in [-0.05, 0) is 41.0 Å². The summed E-state index contributed by atoms with van der Waals surface area (Å²) in [6, 6.07) is 24.4. The van der Waals surface area contributed by atoms with Crippen molar-refractivity contribution in [3.8, 4) is 11.1 Å². The monoisotopic (exact) mass is 604 g/mol. The Labute approximate surface area is 251 Å². The van der Waals surface area contributed by atoms with E-state index in [9.17, 15) is 4.79 Å². The van der Waals surface area contributed by atoms with E-state index in [0.29, 0.717) is 31.9 Å². The standard InChI is InChI=1S/C28H24N6O.4ClH/c35-28(26-16-30-24-8-4-5-9-25(24)32-26)34-13-12-33(18-23-15-29-19-31-23)27-11-10-21(14-22(27)17-34)20-6-2-1-3-7-20;;;;/h1-11,14-16,19H,12-13,17-18H2,(H,29,31);4*1H. The average molecular weight is 606 g/mol. The molecular weight excluding hydrogens is 578 g/mol. The Morgan fingerprint density at radius 3 is 2.31 bits per heavy atom. The maximum Gasteiger partial charge on any atom is 0.274 e. The van der Waals surface area contributed by atoms with Gasteiger partial charge < -0.3 is 14.8 Å². The predicted molar refractivity (Wildman–Crippen MR) is 165 cm³/mol. The van der Waals surface area contributed by atoms with Gasteiger partial charge >= 0.3 is 0 Å². The molecule has 0 unspecified atom stereocenters. The Kier molecular flexibility index (Phi) is 11.6. The van der Waals surface area contributed by atoms with Crippen molar-refractivity contribution in [2.24, 2.45) is 0 Å². The number of fused-ring (bicyclic) bond motifs is 2. The van der Waals surface area contributed by atoms with Crippen molar-refractivity contribution in [1.82, 2.24) is 24.8 Å². The van der Waals surface area contributed by atoms with E-state index < -0.39 is 0 Å². The first-order chi connectivity index (χ1) is 17.2. The van der Waals surface area contributed by atoms with Crippen LogP contribution in [0.15, 0.2) is 91.5 Å². The van der Waals surface area contributed by atoms with Crippen molar-refractivity contribution < 1.29 is 4.79 Å². The van der Waals surface area contributed by atoms with Gasteiger partial charge in [-0.25, -0.2) is 9.97 Å². The number of para-hydroxylation sites is 2. The second-order valence-corrected chi connectivity index (χ2v) is 8.68. The molecule has 2 aromatic heterocycles. The highest BCUT2D eigenvalue weighted by Crippen LogP contribution is 2.31. The second-order valence-electron chi connectivity index (χ2n) is 8.68. The summed E-state index contributed by atoms with van der Waals surface area (Å²) in [6.07, 6.45) is 5.12. The molecular formula is C28H28Cl4N6O. The van der Waals surface area contributed by atoms with Crippen LogP contribution in [-0.4, -0.2) is 43.8 Å². The predicted octanol–water partition coefficient (Wildman–Crippen LogP) is 6.37. The highest BCUT2D eigenvalue weighted by molar-refractivity contribution is 5.94. The zero-order chi connectivity index (χ0) is 23.6. The van der Waals surface area contributed by atoms with E-state index in [4.69, 9.17) is 0 Å². The van der Waals surface area contributed by atoms with Gasteiger partial charge in [-0.3, -0.25) is 9.78 Å². The number of nitrogens with one attached hydrogen (secondary N) is 1. The number of carbonyl (C=O) groups is 1. The molecule has 6 rings (SSSR count). The summed E-state index contributed by atoms with van der Waals surface area (Å²) in [5.74, 6) is -0.109. The topological polar surface area (TPSA) is 78.0 Å². The van der Waals surface area contributed by atoms with Gasteiger partial charge in [0, 0.05) is 31.5 Å². The largest absolute Gasteiger partial charge is 0.364 e. The molecule has 0 aliphatic carbocycles. The van der Waals surface area contributed by atoms with Crippen molar-refractivity contribution in [3.05, 3.63) is 108 Å². The smallest absolute Gasteiger partial charge is 0.274 e. The zero-order valence-corrected chi connectivity index (χ0v) is 24.0. The van der Waals surface area contributed by atoms with Crippen LogP contribution in [0.5, 0.6) is 0 Å². The minimum atomic E-state index is -0.109. The lowest BCUT2D eigenvalue weighted by Gasteiger charge is -2.24. The number of H-pyrrole nitrogens is 1. The molecule has 1 aliphatic heterocycles. The van der Waals surface area contributed by atoms with E-state index in [1.165, 1.54) is 0 Å². The Morgan fingerprint density at radius 1 is 0.821 bits per heavy atom. The van der Waals surface area contributed by atoms with E-state index in [1.54, 1.807) is 12.5 Å². The van der Waals surface area contributed by atoms with Gasteiger partial charge in [0.1, 0.15) is 5.69 Å². The molecule has 11 heteroatoms. The van der Waals surface area contributed by atoms with Gasteiger partial charge in [0.05, 0.1) is 35.8 Å². The van der Waals surface area contributed by atoms with Gasteiger partial charge in [0.2, 0.25) is 0 Å². The number of hydrogen-bond acceptors (Lipinski definition) is 5. The molecule has 0 bridgehead atoms. The summed E-state index contributed by atoms with van der Waals surface area (Å²) < 4.78 is 0. The second kappa shape index (κ2) is 14.1. The molecule has 0 atom stereocenters. The summed E-state index contributed by atoms with van der Waals surface area (Å²) >= 11 is 0. The number of rotatable bonds is 4. The summed E-state index contributed by atoms with van der Waals surface area (Å²) in [7, 11) is 0.